The lowest BCUT2D eigenvalue weighted by Crippen LogP contribution is -2.15. The lowest BCUT2D eigenvalue weighted by Gasteiger charge is -2.10. The number of benzene rings is 1. The summed E-state index contributed by atoms with van der Waals surface area (Å²) >= 11 is 7.40. The maximum absolute atomic E-state index is 13.2. The molecule has 0 unspecified atom stereocenters. The van der Waals surface area contributed by atoms with Gasteiger partial charge < -0.3 is 9.84 Å². The molecule has 1 N–H and O–H groups in total. The van der Waals surface area contributed by atoms with Crippen LogP contribution in [0.4, 0.5) is 10.1 Å². The molecule has 0 bridgehead atoms. The Labute approximate surface area is 139 Å². The molecule has 1 aliphatic carbocycles. The van der Waals surface area contributed by atoms with Gasteiger partial charge in [-0.2, -0.15) is 0 Å². The predicted octanol–water partition coefficient (Wildman–Crippen LogP) is 4.55. The van der Waals surface area contributed by atoms with E-state index in [0.29, 0.717) is 17.9 Å². The van der Waals surface area contributed by atoms with Crippen LogP contribution in [0.2, 0.25) is 5.02 Å². The van der Waals surface area contributed by atoms with Crippen LogP contribution in [0.25, 0.3) is 11.3 Å². The van der Waals surface area contributed by atoms with Crippen LogP contribution >= 0.6 is 22.9 Å². The minimum Gasteiger partial charge on any atom is -0.355 e. The number of hydrogen-bond donors (Lipinski definition) is 1. The highest BCUT2D eigenvalue weighted by atomic mass is 35.5. The number of nitrogens with zero attached hydrogens (tertiary/aromatic N) is 1. The second-order valence-corrected chi connectivity index (χ2v) is 6.59. The summed E-state index contributed by atoms with van der Waals surface area (Å²) in [6.45, 7) is 0. The van der Waals surface area contributed by atoms with E-state index in [1.165, 1.54) is 23.1 Å². The zero-order chi connectivity index (χ0) is 16.0. The van der Waals surface area contributed by atoms with Crippen LogP contribution in [-0.2, 0) is 12.8 Å². The number of halogens is 2. The summed E-state index contributed by atoms with van der Waals surface area (Å²) in [5.41, 5.74) is 2.48. The van der Waals surface area contributed by atoms with Crippen LogP contribution < -0.4 is 5.32 Å². The Morgan fingerprint density at radius 1 is 1.35 bits per heavy atom. The molecule has 0 atom stereocenters. The minimum atomic E-state index is -0.534. The fourth-order valence-electron chi connectivity index (χ4n) is 2.67. The molecule has 4 rings (SSSR count). The molecule has 4 nitrogen and oxygen atoms in total. The Morgan fingerprint density at radius 2 is 2.22 bits per heavy atom. The zero-order valence-corrected chi connectivity index (χ0v) is 13.3. The van der Waals surface area contributed by atoms with Gasteiger partial charge in [0.25, 0.3) is 5.91 Å². The monoisotopic (exact) mass is 348 g/mol. The Bertz CT molecular complexity index is 919. The van der Waals surface area contributed by atoms with Gasteiger partial charge in [0.05, 0.1) is 5.02 Å². The van der Waals surface area contributed by atoms with E-state index in [4.69, 9.17) is 16.1 Å². The molecule has 2 aromatic heterocycles. The number of fused-ring (bicyclic) bond motifs is 3. The first kappa shape index (κ1) is 14.4. The summed E-state index contributed by atoms with van der Waals surface area (Å²) in [6.07, 6.45) is 1.57. The van der Waals surface area contributed by atoms with Crippen molar-refractivity contribution >= 4 is 34.5 Å². The molecule has 2 heterocycles. The van der Waals surface area contributed by atoms with Crippen molar-refractivity contribution in [1.82, 2.24) is 5.16 Å². The summed E-state index contributed by atoms with van der Waals surface area (Å²) < 4.78 is 18.6. The number of amides is 1. The van der Waals surface area contributed by atoms with Crippen LogP contribution in [0.15, 0.2) is 34.2 Å². The van der Waals surface area contributed by atoms with E-state index in [1.807, 2.05) is 11.4 Å². The minimum absolute atomic E-state index is 0.0482. The third-order valence-electron chi connectivity index (χ3n) is 3.77. The van der Waals surface area contributed by atoms with Gasteiger partial charge in [-0.1, -0.05) is 16.8 Å². The molecule has 0 spiro atoms. The molecule has 1 aromatic carbocycles. The number of thiophene rings is 1. The standard InChI is InChI=1S/C16H10ClFN2O2S/c17-11-7-8(1-3-12(11)18)19-16(21)14-10-2-4-13-9(5-6-23-13)15(10)22-20-14/h1,3,5-7H,2,4H2,(H,19,21). The van der Waals surface area contributed by atoms with Crippen LogP contribution in [0.1, 0.15) is 20.9 Å². The third kappa shape index (κ3) is 2.44. The predicted molar refractivity (Wildman–Crippen MR) is 86.6 cm³/mol. The Hall–Kier alpha value is -2.18. The normalized spacial score (nSPS) is 12.6. The van der Waals surface area contributed by atoms with Gasteiger partial charge in [-0.15, -0.1) is 11.3 Å². The van der Waals surface area contributed by atoms with E-state index >= 15 is 0 Å². The Balaban J connectivity index is 1.64. The number of aryl methyl sites for hydroxylation is 1. The number of carbonyl (C=O) groups excluding carboxylic acids is 1. The molecule has 1 amide bonds. The first-order chi connectivity index (χ1) is 11.1. The largest absolute Gasteiger partial charge is 0.355 e. The molecule has 3 aromatic rings. The highest BCUT2D eigenvalue weighted by molar-refractivity contribution is 7.10. The molecular formula is C16H10ClFN2O2S. The number of nitrogens with one attached hydrogen (secondary N) is 1. The van der Waals surface area contributed by atoms with Gasteiger partial charge in [-0.25, -0.2) is 4.39 Å². The lowest BCUT2D eigenvalue weighted by molar-refractivity contribution is 0.101. The van der Waals surface area contributed by atoms with Crippen molar-refractivity contribution in [3.63, 3.8) is 0 Å². The highest BCUT2D eigenvalue weighted by Gasteiger charge is 2.28. The van der Waals surface area contributed by atoms with E-state index in [0.717, 1.165) is 17.5 Å². The maximum atomic E-state index is 13.2. The van der Waals surface area contributed by atoms with Gasteiger partial charge in [0, 0.05) is 21.7 Å². The second kappa shape index (κ2) is 5.47. The topological polar surface area (TPSA) is 55.1 Å². The number of hydrogen-bond acceptors (Lipinski definition) is 4. The Morgan fingerprint density at radius 3 is 3.04 bits per heavy atom. The van der Waals surface area contributed by atoms with Crippen LogP contribution in [0, 0.1) is 5.82 Å². The SMILES string of the molecule is O=C(Nc1ccc(F)c(Cl)c1)c1noc2c1CCc1sccc1-2. The van der Waals surface area contributed by atoms with E-state index in [1.54, 1.807) is 11.3 Å². The molecule has 7 heteroatoms. The number of carbonyl (C=O) groups is 1. The lowest BCUT2D eigenvalue weighted by atomic mass is 9.95. The third-order valence-corrected chi connectivity index (χ3v) is 5.04. The molecule has 23 heavy (non-hydrogen) atoms. The number of aromatic nitrogens is 1. The van der Waals surface area contributed by atoms with Gasteiger partial charge in [-0.3, -0.25) is 4.79 Å². The maximum Gasteiger partial charge on any atom is 0.278 e. The molecule has 116 valence electrons. The number of anilines is 1. The van der Waals surface area contributed by atoms with E-state index < -0.39 is 11.7 Å². The summed E-state index contributed by atoms with van der Waals surface area (Å²) in [4.78, 5) is 13.7. The average molecular weight is 349 g/mol. The first-order valence-corrected chi connectivity index (χ1v) is 8.21. The van der Waals surface area contributed by atoms with Crippen molar-refractivity contribution in [2.45, 2.75) is 12.8 Å². The molecule has 1 aliphatic rings. The molecule has 0 aliphatic heterocycles. The Kier molecular flexibility index (Phi) is 3.43. The second-order valence-electron chi connectivity index (χ2n) is 5.18. The summed E-state index contributed by atoms with van der Waals surface area (Å²) in [5.74, 6) is -0.264. The molecular weight excluding hydrogens is 339 g/mol. The molecule has 0 saturated carbocycles. The van der Waals surface area contributed by atoms with Gasteiger partial charge >= 0.3 is 0 Å². The fourth-order valence-corrected chi connectivity index (χ4v) is 3.73. The van der Waals surface area contributed by atoms with Crippen molar-refractivity contribution in [2.75, 3.05) is 5.32 Å². The zero-order valence-electron chi connectivity index (χ0n) is 11.7. The average Bonchev–Trinajstić information content (AvgIpc) is 3.16. The van der Waals surface area contributed by atoms with E-state index in [9.17, 15) is 9.18 Å². The van der Waals surface area contributed by atoms with Gasteiger partial charge in [0.1, 0.15) is 5.82 Å². The highest BCUT2D eigenvalue weighted by Crippen LogP contribution is 2.38. The molecule has 0 saturated heterocycles. The van der Waals surface area contributed by atoms with Crippen molar-refractivity contribution in [3.05, 3.63) is 56.6 Å². The molecule has 0 radical (unpaired) electrons. The quantitative estimate of drug-likeness (QED) is 0.739. The van der Waals surface area contributed by atoms with Crippen molar-refractivity contribution in [3.8, 4) is 11.3 Å². The summed E-state index contributed by atoms with van der Waals surface area (Å²) in [6, 6.07) is 5.99. The van der Waals surface area contributed by atoms with Crippen molar-refractivity contribution in [1.29, 1.82) is 0 Å². The van der Waals surface area contributed by atoms with Crippen LogP contribution in [-0.4, -0.2) is 11.1 Å². The van der Waals surface area contributed by atoms with Crippen molar-refractivity contribution < 1.29 is 13.7 Å². The van der Waals surface area contributed by atoms with Crippen molar-refractivity contribution in [2.24, 2.45) is 0 Å². The number of rotatable bonds is 2. The van der Waals surface area contributed by atoms with E-state index in [-0.39, 0.29) is 10.7 Å². The van der Waals surface area contributed by atoms with Crippen LogP contribution in [0.5, 0.6) is 0 Å². The molecule has 0 fully saturated rings. The summed E-state index contributed by atoms with van der Waals surface area (Å²) in [5, 5.41) is 8.55. The van der Waals surface area contributed by atoms with Gasteiger partial charge in [0.15, 0.2) is 11.5 Å². The fraction of sp³-hybridized carbons (Fsp3) is 0.125. The summed E-state index contributed by atoms with van der Waals surface area (Å²) in [7, 11) is 0. The van der Waals surface area contributed by atoms with E-state index in [2.05, 4.69) is 10.5 Å². The van der Waals surface area contributed by atoms with Crippen LogP contribution in [0.3, 0.4) is 0 Å². The van der Waals surface area contributed by atoms with Gasteiger partial charge in [-0.05, 0) is 42.5 Å². The van der Waals surface area contributed by atoms with Gasteiger partial charge in [0.2, 0.25) is 0 Å². The smallest absolute Gasteiger partial charge is 0.278 e. The first-order valence-electron chi connectivity index (χ1n) is 6.95.